The Kier molecular flexibility index (Phi) is 7.02. The standard InChI is InChI=1S/C21H25BrN2O3/c1-5-14-6-11-18(17(22)12-14)27-13-19(25)23-16-9-7-15(8-10-16)20(26)24-21(2,3)4/h6-12H,5,13H2,1-4H3,(H,23,25)(H,24,26). The number of ether oxygens (including phenoxy) is 1. The van der Waals surface area contributed by atoms with Gasteiger partial charge in [-0.3, -0.25) is 9.59 Å². The molecule has 2 aromatic carbocycles. The Balaban J connectivity index is 1.89. The first-order valence-corrected chi connectivity index (χ1v) is 9.61. The summed E-state index contributed by atoms with van der Waals surface area (Å²) in [6.45, 7) is 7.75. The third-order valence-corrected chi connectivity index (χ3v) is 4.30. The summed E-state index contributed by atoms with van der Waals surface area (Å²) < 4.78 is 6.39. The van der Waals surface area contributed by atoms with E-state index in [1.807, 2.05) is 39.0 Å². The lowest BCUT2D eigenvalue weighted by Gasteiger charge is -2.20. The van der Waals surface area contributed by atoms with Gasteiger partial charge in [-0.15, -0.1) is 0 Å². The molecule has 144 valence electrons. The Morgan fingerprint density at radius 3 is 2.30 bits per heavy atom. The van der Waals surface area contributed by atoms with Crippen molar-refractivity contribution in [1.82, 2.24) is 5.32 Å². The molecule has 2 rings (SSSR count). The minimum atomic E-state index is -0.301. The van der Waals surface area contributed by atoms with Crippen LogP contribution in [0.1, 0.15) is 43.6 Å². The fourth-order valence-electron chi connectivity index (χ4n) is 2.34. The highest BCUT2D eigenvalue weighted by Gasteiger charge is 2.15. The minimum absolute atomic E-state index is 0.101. The summed E-state index contributed by atoms with van der Waals surface area (Å²) >= 11 is 3.45. The molecule has 0 fully saturated rings. The minimum Gasteiger partial charge on any atom is -0.483 e. The van der Waals surface area contributed by atoms with E-state index in [2.05, 4.69) is 33.5 Å². The Morgan fingerprint density at radius 2 is 1.74 bits per heavy atom. The summed E-state index contributed by atoms with van der Waals surface area (Å²) in [5, 5.41) is 5.65. The molecule has 0 bridgehead atoms. The van der Waals surface area contributed by atoms with Crippen molar-refractivity contribution in [2.45, 2.75) is 39.7 Å². The zero-order valence-electron chi connectivity index (χ0n) is 16.1. The van der Waals surface area contributed by atoms with Crippen LogP contribution in [0.2, 0.25) is 0 Å². The topological polar surface area (TPSA) is 67.4 Å². The molecule has 0 aliphatic rings. The maximum atomic E-state index is 12.1. The van der Waals surface area contributed by atoms with E-state index in [0.29, 0.717) is 17.0 Å². The Labute approximate surface area is 168 Å². The van der Waals surface area contributed by atoms with E-state index in [-0.39, 0.29) is 24.0 Å². The third kappa shape index (κ3) is 6.71. The molecule has 2 N–H and O–H groups in total. The number of anilines is 1. The quantitative estimate of drug-likeness (QED) is 0.702. The van der Waals surface area contributed by atoms with Crippen LogP contribution < -0.4 is 15.4 Å². The third-order valence-electron chi connectivity index (χ3n) is 3.68. The molecule has 0 radical (unpaired) electrons. The van der Waals surface area contributed by atoms with Gasteiger partial charge in [0.15, 0.2) is 6.61 Å². The van der Waals surface area contributed by atoms with Crippen LogP contribution in [-0.4, -0.2) is 24.0 Å². The molecule has 0 aliphatic heterocycles. The van der Waals surface area contributed by atoms with Crippen molar-refractivity contribution in [1.29, 1.82) is 0 Å². The largest absolute Gasteiger partial charge is 0.483 e. The number of carbonyl (C=O) groups excluding carboxylic acids is 2. The van der Waals surface area contributed by atoms with Gasteiger partial charge in [0.25, 0.3) is 11.8 Å². The highest BCUT2D eigenvalue weighted by molar-refractivity contribution is 9.10. The van der Waals surface area contributed by atoms with Crippen LogP contribution in [0.15, 0.2) is 46.9 Å². The molecule has 0 heterocycles. The lowest BCUT2D eigenvalue weighted by atomic mass is 10.1. The Morgan fingerprint density at radius 1 is 1.07 bits per heavy atom. The van der Waals surface area contributed by atoms with Gasteiger partial charge >= 0.3 is 0 Å². The fraction of sp³-hybridized carbons (Fsp3) is 0.333. The highest BCUT2D eigenvalue weighted by Crippen LogP contribution is 2.26. The van der Waals surface area contributed by atoms with Crippen molar-refractivity contribution >= 4 is 33.4 Å². The van der Waals surface area contributed by atoms with Crippen molar-refractivity contribution in [3.8, 4) is 5.75 Å². The molecule has 6 heteroatoms. The van der Waals surface area contributed by atoms with Crippen LogP contribution in [0.4, 0.5) is 5.69 Å². The van der Waals surface area contributed by atoms with E-state index < -0.39 is 0 Å². The first-order valence-electron chi connectivity index (χ1n) is 8.81. The van der Waals surface area contributed by atoms with E-state index in [1.165, 1.54) is 5.56 Å². The summed E-state index contributed by atoms with van der Waals surface area (Å²) in [6.07, 6.45) is 0.934. The smallest absolute Gasteiger partial charge is 0.262 e. The first kappa shape index (κ1) is 21.0. The van der Waals surface area contributed by atoms with Crippen molar-refractivity contribution in [3.63, 3.8) is 0 Å². The number of aryl methyl sites for hydroxylation is 1. The molecule has 0 aliphatic carbocycles. The SMILES string of the molecule is CCc1ccc(OCC(=O)Nc2ccc(C(=O)NC(C)(C)C)cc2)c(Br)c1. The zero-order chi connectivity index (χ0) is 20.0. The summed E-state index contributed by atoms with van der Waals surface area (Å²) in [5.41, 5.74) is 2.04. The predicted molar refractivity (Wildman–Crippen MR) is 111 cm³/mol. The van der Waals surface area contributed by atoms with Crippen molar-refractivity contribution in [3.05, 3.63) is 58.1 Å². The van der Waals surface area contributed by atoms with Gasteiger partial charge < -0.3 is 15.4 Å². The molecular formula is C21H25BrN2O3. The molecule has 0 spiro atoms. The fourth-order valence-corrected chi connectivity index (χ4v) is 2.88. The number of benzene rings is 2. The highest BCUT2D eigenvalue weighted by atomic mass is 79.9. The summed E-state index contributed by atoms with van der Waals surface area (Å²) in [5.74, 6) is 0.203. The van der Waals surface area contributed by atoms with Gasteiger partial charge in [-0.25, -0.2) is 0 Å². The van der Waals surface area contributed by atoms with Crippen LogP contribution >= 0.6 is 15.9 Å². The maximum absolute atomic E-state index is 12.1. The lowest BCUT2D eigenvalue weighted by molar-refractivity contribution is -0.118. The van der Waals surface area contributed by atoms with Crippen LogP contribution in [0, 0.1) is 0 Å². The van der Waals surface area contributed by atoms with Crippen molar-refractivity contribution < 1.29 is 14.3 Å². The molecule has 2 amide bonds. The zero-order valence-corrected chi connectivity index (χ0v) is 17.6. The van der Waals surface area contributed by atoms with Crippen LogP contribution in [0.25, 0.3) is 0 Å². The molecule has 5 nitrogen and oxygen atoms in total. The molecule has 0 atom stereocenters. The van der Waals surface area contributed by atoms with E-state index >= 15 is 0 Å². The van der Waals surface area contributed by atoms with E-state index in [4.69, 9.17) is 4.74 Å². The number of hydrogen-bond acceptors (Lipinski definition) is 3. The maximum Gasteiger partial charge on any atom is 0.262 e. The van der Waals surface area contributed by atoms with Crippen LogP contribution in [0.3, 0.4) is 0 Å². The van der Waals surface area contributed by atoms with Gasteiger partial charge in [0, 0.05) is 16.8 Å². The second-order valence-electron chi connectivity index (χ2n) is 7.24. The predicted octanol–water partition coefficient (Wildman–Crippen LogP) is 4.56. The number of hydrogen-bond donors (Lipinski definition) is 2. The molecule has 0 saturated carbocycles. The molecular weight excluding hydrogens is 408 g/mol. The average molecular weight is 433 g/mol. The molecule has 27 heavy (non-hydrogen) atoms. The van der Waals surface area contributed by atoms with Crippen molar-refractivity contribution in [2.75, 3.05) is 11.9 Å². The number of nitrogens with one attached hydrogen (secondary N) is 2. The van der Waals surface area contributed by atoms with E-state index in [0.717, 1.165) is 10.9 Å². The average Bonchev–Trinajstić information content (AvgIpc) is 2.59. The molecule has 2 aromatic rings. The Hall–Kier alpha value is -2.34. The molecule has 0 saturated heterocycles. The summed E-state index contributed by atoms with van der Waals surface area (Å²) in [4.78, 5) is 24.2. The normalized spacial score (nSPS) is 11.0. The number of amides is 2. The molecule has 0 unspecified atom stereocenters. The van der Waals surface area contributed by atoms with Gasteiger partial charge in [-0.05, 0) is 85.1 Å². The Bertz CT molecular complexity index is 811. The van der Waals surface area contributed by atoms with Gasteiger partial charge in [-0.2, -0.15) is 0 Å². The molecule has 0 aromatic heterocycles. The lowest BCUT2D eigenvalue weighted by Crippen LogP contribution is -2.40. The number of carbonyl (C=O) groups is 2. The summed E-state index contributed by atoms with van der Waals surface area (Å²) in [7, 11) is 0. The summed E-state index contributed by atoms with van der Waals surface area (Å²) in [6, 6.07) is 12.5. The van der Waals surface area contributed by atoms with Gasteiger partial charge in [-0.1, -0.05) is 13.0 Å². The van der Waals surface area contributed by atoms with Crippen molar-refractivity contribution in [2.24, 2.45) is 0 Å². The van der Waals surface area contributed by atoms with E-state index in [9.17, 15) is 9.59 Å². The monoisotopic (exact) mass is 432 g/mol. The first-order chi connectivity index (χ1) is 12.7. The van der Waals surface area contributed by atoms with Gasteiger partial charge in [0.2, 0.25) is 0 Å². The van der Waals surface area contributed by atoms with Crippen LogP contribution in [-0.2, 0) is 11.2 Å². The van der Waals surface area contributed by atoms with Gasteiger partial charge in [0.1, 0.15) is 5.75 Å². The van der Waals surface area contributed by atoms with E-state index in [1.54, 1.807) is 24.3 Å². The second kappa shape index (κ2) is 9.04. The number of halogens is 1. The second-order valence-corrected chi connectivity index (χ2v) is 8.09. The number of rotatable bonds is 6. The van der Waals surface area contributed by atoms with Gasteiger partial charge in [0.05, 0.1) is 4.47 Å². The van der Waals surface area contributed by atoms with Crippen LogP contribution in [0.5, 0.6) is 5.75 Å².